The molecule has 3 saturated heterocycles. The van der Waals surface area contributed by atoms with Crippen LogP contribution in [0.15, 0.2) is 24.3 Å². The number of benzene rings is 1. The maximum atomic E-state index is 12.9. The molecule has 3 amide bonds. The van der Waals surface area contributed by atoms with E-state index in [0.29, 0.717) is 12.4 Å². The van der Waals surface area contributed by atoms with Crippen LogP contribution in [-0.4, -0.2) is 59.3 Å². The van der Waals surface area contributed by atoms with Crippen LogP contribution < -0.4 is 10.6 Å². The molecule has 26 heavy (non-hydrogen) atoms. The fourth-order valence-electron chi connectivity index (χ4n) is 4.21. The van der Waals surface area contributed by atoms with Crippen molar-refractivity contribution in [2.45, 2.75) is 31.2 Å². The van der Waals surface area contributed by atoms with Crippen molar-refractivity contribution in [2.75, 3.05) is 31.1 Å². The Hall–Kier alpha value is -2.57. The first-order valence-electron chi connectivity index (χ1n) is 9.20. The van der Waals surface area contributed by atoms with Crippen molar-refractivity contribution in [1.82, 2.24) is 9.80 Å². The molecule has 1 aromatic rings. The number of amides is 3. The van der Waals surface area contributed by atoms with E-state index >= 15 is 0 Å². The summed E-state index contributed by atoms with van der Waals surface area (Å²) in [5.41, 5.74) is 6.23. The fourth-order valence-corrected chi connectivity index (χ4v) is 4.21. The van der Waals surface area contributed by atoms with Crippen molar-refractivity contribution in [1.29, 1.82) is 5.41 Å². The Balaban J connectivity index is 1.57. The molecule has 0 saturated carbocycles. The van der Waals surface area contributed by atoms with E-state index in [-0.39, 0.29) is 12.6 Å². The van der Waals surface area contributed by atoms with Crippen molar-refractivity contribution >= 4 is 23.5 Å². The molecule has 3 fully saturated rings. The van der Waals surface area contributed by atoms with E-state index in [2.05, 4.69) is 4.90 Å². The first-order valence-corrected chi connectivity index (χ1v) is 9.20. The number of amidine groups is 1. The molecule has 3 N–H and O–H groups in total. The zero-order valence-electron chi connectivity index (χ0n) is 14.8. The molecule has 0 unspecified atom stereocenters. The Morgan fingerprint density at radius 1 is 1.08 bits per heavy atom. The average molecular weight is 354 g/mol. The Labute approximate surface area is 153 Å². The number of carbonyl (C=O) groups is 2. The molecular weight excluding hydrogens is 330 g/mol. The Morgan fingerprint density at radius 3 is 2.38 bits per heavy atom. The highest BCUT2D eigenvalue weighted by Gasteiger charge is 2.55. The Bertz CT molecular complexity index is 741. The Kier molecular flexibility index (Phi) is 4.09. The minimum atomic E-state index is -1.00. The summed E-state index contributed by atoms with van der Waals surface area (Å²) in [6, 6.07) is 7.28. The number of anilines is 1. The van der Waals surface area contributed by atoms with Crippen molar-refractivity contribution < 1.29 is 9.59 Å². The molecular formula is C19H24N5O2. The lowest BCUT2D eigenvalue weighted by molar-refractivity contribution is -0.126. The summed E-state index contributed by atoms with van der Waals surface area (Å²) in [6.45, 7) is 2.66. The largest absolute Gasteiger partial charge is 0.368 e. The lowest BCUT2D eigenvalue weighted by Gasteiger charge is -2.37. The third kappa shape index (κ3) is 2.53. The maximum absolute atomic E-state index is 12.9. The second-order valence-corrected chi connectivity index (χ2v) is 7.24. The summed E-state index contributed by atoms with van der Waals surface area (Å²) < 4.78 is 0. The smallest absolute Gasteiger partial charge is 0.325 e. The van der Waals surface area contributed by atoms with Gasteiger partial charge in [0.25, 0.3) is 0 Å². The average Bonchev–Trinajstić information content (AvgIpc) is 3.29. The highest BCUT2D eigenvalue weighted by atomic mass is 16.2. The summed E-state index contributed by atoms with van der Waals surface area (Å²) >= 11 is 0. The van der Waals surface area contributed by atoms with Gasteiger partial charge in [-0.15, -0.1) is 0 Å². The number of piperidine rings is 1. The summed E-state index contributed by atoms with van der Waals surface area (Å²) in [5, 5.41) is 8.34. The molecule has 7 heteroatoms. The van der Waals surface area contributed by atoms with E-state index in [1.165, 1.54) is 0 Å². The van der Waals surface area contributed by atoms with Crippen molar-refractivity contribution in [3.63, 3.8) is 0 Å². The molecule has 0 aliphatic carbocycles. The number of rotatable bonds is 3. The van der Waals surface area contributed by atoms with Gasteiger partial charge < -0.3 is 15.5 Å². The number of nitrogens with zero attached hydrogens (tertiary/aromatic N) is 3. The summed E-state index contributed by atoms with van der Waals surface area (Å²) in [7, 11) is 0. The van der Waals surface area contributed by atoms with Gasteiger partial charge >= 0.3 is 6.03 Å². The third-order valence-corrected chi connectivity index (χ3v) is 5.71. The first kappa shape index (κ1) is 16.9. The number of likely N-dealkylation sites (tertiary alicyclic amines) is 1. The van der Waals surface area contributed by atoms with Gasteiger partial charge in [-0.3, -0.25) is 15.1 Å². The van der Waals surface area contributed by atoms with Gasteiger partial charge in [0.05, 0.1) is 6.54 Å². The van der Waals surface area contributed by atoms with Crippen LogP contribution in [0.1, 0.15) is 31.2 Å². The molecule has 1 atom stereocenters. The topological polar surface area (TPSA) is 93.7 Å². The predicted molar refractivity (Wildman–Crippen MR) is 99.0 cm³/mol. The van der Waals surface area contributed by atoms with Crippen molar-refractivity contribution in [2.24, 2.45) is 5.73 Å². The lowest BCUT2D eigenvalue weighted by Crippen LogP contribution is -2.59. The normalized spacial score (nSPS) is 25.5. The van der Waals surface area contributed by atoms with Crippen LogP contribution in [0.25, 0.3) is 0 Å². The number of hydrogen-bond donors (Lipinski definition) is 2. The predicted octanol–water partition coefficient (Wildman–Crippen LogP) is 1.57. The molecule has 3 heterocycles. The van der Waals surface area contributed by atoms with Gasteiger partial charge in [0.15, 0.2) is 0 Å². The number of primary amides is 1. The Morgan fingerprint density at radius 2 is 1.77 bits per heavy atom. The molecule has 0 spiro atoms. The monoisotopic (exact) mass is 354 g/mol. The number of carbonyl (C=O) groups excluding carboxylic acids is 2. The fraction of sp³-hybridized carbons (Fsp3) is 0.474. The number of fused-ring (bicyclic) bond motifs is 1. The molecule has 1 aromatic carbocycles. The lowest BCUT2D eigenvalue weighted by atomic mass is 9.87. The van der Waals surface area contributed by atoms with E-state index in [1.807, 2.05) is 30.7 Å². The van der Waals surface area contributed by atoms with E-state index in [1.54, 1.807) is 9.80 Å². The maximum Gasteiger partial charge on any atom is 0.325 e. The van der Waals surface area contributed by atoms with Crippen LogP contribution in [0.3, 0.4) is 0 Å². The molecule has 7 nitrogen and oxygen atoms in total. The number of hydrogen-bond acceptors (Lipinski definition) is 3. The zero-order chi connectivity index (χ0) is 18.3. The van der Waals surface area contributed by atoms with Gasteiger partial charge in [-0.05, 0) is 56.4 Å². The van der Waals surface area contributed by atoms with E-state index in [4.69, 9.17) is 11.1 Å². The van der Waals surface area contributed by atoms with Gasteiger partial charge in [-0.1, -0.05) is 0 Å². The van der Waals surface area contributed by atoms with Crippen molar-refractivity contribution in [3.05, 3.63) is 36.2 Å². The molecule has 0 bridgehead atoms. The third-order valence-electron chi connectivity index (χ3n) is 5.71. The molecule has 1 radical (unpaired) electrons. The van der Waals surface area contributed by atoms with Crippen LogP contribution in [-0.2, 0) is 4.79 Å². The summed E-state index contributed by atoms with van der Waals surface area (Å²) in [6.07, 6.45) is 5.77. The quantitative estimate of drug-likeness (QED) is 0.637. The molecule has 3 aliphatic heterocycles. The number of urea groups is 1. The van der Waals surface area contributed by atoms with Gasteiger partial charge in [-0.2, -0.15) is 0 Å². The van der Waals surface area contributed by atoms with Crippen LogP contribution in [0, 0.1) is 11.8 Å². The SMILES string of the molecule is N=C(c1ccc(N2C[C@@]3(C(N)=O)[CH]CCCN3C2=O)cc1)N1CCCC1. The highest BCUT2D eigenvalue weighted by Crippen LogP contribution is 2.37. The standard InChI is InChI=1S/C19H24N5O2/c20-16(22-10-3-4-11-22)14-5-7-15(8-6-14)23-13-19(17(21)25)9-1-2-12-24(19)18(23)26/h5-9,20H,1-4,10-13H2,(H2,21,25)/t19-/m1/s1. The van der Waals surface area contributed by atoms with E-state index in [9.17, 15) is 9.59 Å². The van der Waals surface area contributed by atoms with E-state index < -0.39 is 11.4 Å². The second kappa shape index (κ2) is 6.30. The van der Waals surface area contributed by atoms with Gasteiger partial charge in [-0.25, -0.2) is 4.79 Å². The minimum Gasteiger partial charge on any atom is -0.368 e. The summed E-state index contributed by atoms with van der Waals surface area (Å²) in [4.78, 5) is 30.3. The zero-order valence-corrected chi connectivity index (χ0v) is 14.8. The highest BCUT2D eigenvalue weighted by molar-refractivity contribution is 6.04. The molecule has 137 valence electrons. The molecule has 0 aromatic heterocycles. The second-order valence-electron chi connectivity index (χ2n) is 7.24. The number of nitrogens with one attached hydrogen (secondary N) is 1. The number of nitrogens with two attached hydrogens (primary N) is 1. The molecule has 3 aliphatic rings. The van der Waals surface area contributed by atoms with Crippen LogP contribution in [0.4, 0.5) is 10.5 Å². The van der Waals surface area contributed by atoms with Gasteiger partial charge in [0, 0.05) is 30.9 Å². The van der Waals surface area contributed by atoms with Crippen molar-refractivity contribution in [3.8, 4) is 0 Å². The summed E-state index contributed by atoms with van der Waals surface area (Å²) in [5.74, 6) is 0.0571. The van der Waals surface area contributed by atoms with Crippen LogP contribution in [0.2, 0.25) is 0 Å². The van der Waals surface area contributed by atoms with E-state index in [0.717, 1.165) is 50.0 Å². The van der Waals surface area contributed by atoms with Gasteiger partial charge in [0.2, 0.25) is 5.91 Å². The molecule has 4 rings (SSSR count). The van der Waals surface area contributed by atoms with Gasteiger partial charge in [0.1, 0.15) is 11.4 Å². The minimum absolute atomic E-state index is 0.179. The van der Waals surface area contributed by atoms with Crippen LogP contribution in [0.5, 0.6) is 0 Å². The van der Waals surface area contributed by atoms with Crippen LogP contribution >= 0.6 is 0 Å². The first-order chi connectivity index (χ1) is 12.5.